The first kappa shape index (κ1) is 14.0. The number of rotatable bonds is 3. The van der Waals surface area contributed by atoms with Crippen molar-refractivity contribution in [3.8, 4) is 0 Å². The molecule has 0 spiro atoms. The highest BCUT2D eigenvalue weighted by atomic mass is 32.1. The van der Waals surface area contributed by atoms with Crippen LogP contribution in [0.1, 0.15) is 29.3 Å². The second kappa shape index (κ2) is 5.11. The van der Waals surface area contributed by atoms with Gasteiger partial charge in [0.05, 0.1) is 0 Å². The number of hydrogen-bond acceptors (Lipinski definition) is 4. The van der Waals surface area contributed by atoms with E-state index in [0.717, 1.165) is 14.6 Å². The van der Waals surface area contributed by atoms with Crippen molar-refractivity contribution in [3.05, 3.63) is 65.7 Å². The SMILES string of the molecule is Cc1ccc(C(O)(c2ccc(C)s2)c2ccc(C)s2)s1. The maximum atomic E-state index is 11.5. The summed E-state index contributed by atoms with van der Waals surface area (Å²) >= 11 is 5.00. The molecule has 1 nitrogen and oxygen atoms in total. The minimum atomic E-state index is -1.00. The normalized spacial score (nSPS) is 12.0. The fraction of sp³-hybridized carbons (Fsp3) is 0.250. The van der Waals surface area contributed by atoms with Crippen molar-refractivity contribution < 1.29 is 5.11 Å². The van der Waals surface area contributed by atoms with E-state index in [1.807, 2.05) is 18.2 Å². The molecule has 0 aliphatic carbocycles. The molecule has 1 N–H and O–H groups in total. The smallest absolute Gasteiger partial charge is 0.167 e. The van der Waals surface area contributed by atoms with Gasteiger partial charge in [-0.15, -0.1) is 34.0 Å². The van der Waals surface area contributed by atoms with E-state index in [4.69, 9.17) is 0 Å². The van der Waals surface area contributed by atoms with Gasteiger partial charge in [0.25, 0.3) is 0 Å². The Morgan fingerprint density at radius 2 is 0.950 bits per heavy atom. The van der Waals surface area contributed by atoms with E-state index < -0.39 is 5.60 Å². The molecule has 0 radical (unpaired) electrons. The summed E-state index contributed by atoms with van der Waals surface area (Å²) < 4.78 is 0. The van der Waals surface area contributed by atoms with Crippen LogP contribution in [0.3, 0.4) is 0 Å². The van der Waals surface area contributed by atoms with Crippen LogP contribution in [0.25, 0.3) is 0 Å². The average molecular weight is 321 g/mol. The van der Waals surface area contributed by atoms with Gasteiger partial charge in [-0.2, -0.15) is 0 Å². The van der Waals surface area contributed by atoms with Crippen molar-refractivity contribution >= 4 is 34.0 Å². The highest BCUT2D eigenvalue weighted by Gasteiger charge is 2.37. The zero-order valence-corrected chi connectivity index (χ0v) is 14.1. The van der Waals surface area contributed by atoms with E-state index >= 15 is 0 Å². The fourth-order valence-corrected chi connectivity index (χ4v) is 5.41. The minimum absolute atomic E-state index is 0.999. The Bertz CT molecular complexity index is 634. The molecule has 0 bridgehead atoms. The monoisotopic (exact) mass is 320 g/mol. The number of aliphatic hydroxyl groups is 1. The lowest BCUT2D eigenvalue weighted by atomic mass is 9.97. The van der Waals surface area contributed by atoms with E-state index in [0.29, 0.717) is 0 Å². The summed E-state index contributed by atoms with van der Waals surface area (Å²) in [4.78, 5) is 6.66. The summed E-state index contributed by atoms with van der Waals surface area (Å²) in [6.07, 6.45) is 0. The Kier molecular flexibility index (Phi) is 3.58. The third kappa shape index (κ3) is 2.27. The lowest BCUT2D eigenvalue weighted by Gasteiger charge is -2.25. The third-order valence-corrected chi connectivity index (χ3v) is 6.62. The predicted molar refractivity (Wildman–Crippen MR) is 89.3 cm³/mol. The molecule has 3 rings (SSSR count). The van der Waals surface area contributed by atoms with Crippen LogP contribution in [0.4, 0.5) is 0 Å². The zero-order chi connectivity index (χ0) is 14.3. The molecule has 0 fully saturated rings. The highest BCUT2D eigenvalue weighted by Crippen LogP contribution is 2.44. The lowest BCUT2D eigenvalue weighted by molar-refractivity contribution is 0.137. The summed E-state index contributed by atoms with van der Waals surface area (Å²) in [5, 5.41) is 11.5. The molecule has 0 atom stereocenters. The standard InChI is InChI=1S/C16H16OS3/c1-10-4-7-13(18-10)16(17,14-8-5-11(2)19-14)15-9-6-12(3)20-15/h4-9,17H,1-3H3. The second-order valence-electron chi connectivity index (χ2n) is 4.94. The van der Waals surface area contributed by atoms with Crippen LogP contribution in [0, 0.1) is 20.8 Å². The van der Waals surface area contributed by atoms with E-state index in [2.05, 4.69) is 39.0 Å². The van der Waals surface area contributed by atoms with E-state index in [-0.39, 0.29) is 0 Å². The first-order valence-corrected chi connectivity index (χ1v) is 8.88. The molecular formula is C16H16OS3. The zero-order valence-electron chi connectivity index (χ0n) is 11.6. The van der Waals surface area contributed by atoms with Gasteiger partial charge in [0.1, 0.15) is 0 Å². The molecule has 0 aromatic carbocycles. The van der Waals surface area contributed by atoms with Gasteiger partial charge in [-0.05, 0) is 57.2 Å². The maximum absolute atomic E-state index is 11.5. The Balaban J connectivity index is 2.22. The van der Waals surface area contributed by atoms with Crippen molar-refractivity contribution in [2.75, 3.05) is 0 Å². The third-order valence-electron chi connectivity index (χ3n) is 3.29. The molecule has 0 saturated heterocycles. The predicted octanol–water partition coefficient (Wildman–Crippen LogP) is 5.08. The van der Waals surface area contributed by atoms with Crippen LogP contribution in [0.15, 0.2) is 36.4 Å². The van der Waals surface area contributed by atoms with Crippen LogP contribution < -0.4 is 0 Å². The van der Waals surface area contributed by atoms with Gasteiger partial charge in [0, 0.05) is 29.3 Å². The van der Waals surface area contributed by atoms with Crippen LogP contribution in [-0.2, 0) is 5.60 Å². The van der Waals surface area contributed by atoms with Crippen molar-refractivity contribution in [3.63, 3.8) is 0 Å². The molecule has 104 valence electrons. The molecule has 0 amide bonds. The molecule has 20 heavy (non-hydrogen) atoms. The molecule has 0 aliphatic rings. The van der Waals surface area contributed by atoms with E-state index in [1.54, 1.807) is 34.0 Å². The van der Waals surface area contributed by atoms with E-state index in [1.165, 1.54) is 14.6 Å². The second-order valence-corrected chi connectivity index (χ2v) is 8.81. The largest absolute Gasteiger partial charge is 0.374 e. The van der Waals surface area contributed by atoms with Crippen LogP contribution >= 0.6 is 34.0 Å². The highest BCUT2D eigenvalue weighted by molar-refractivity contribution is 7.15. The fourth-order valence-electron chi connectivity index (χ4n) is 2.25. The van der Waals surface area contributed by atoms with Crippen LogP contribution in [0.5, 0.6) is 0 Å². The van der Waals surface area contributed by atoms with Crippen molar-refractivity contribution in [2.24, 2.45) is 0 Å². The summed E-state index contributed by atoms with van der Waals surface area (Å²) in [6, 6.07) is 12.4. The van der Waals surface area contributed by atoms with Gasteiger partial charge in [-0.25, -0.2) is 0 Å². The Labute approximate surface area is 131 Å². The number of aryl methyl sites for hydroxylation is 3. The summed E-state index contributed by atoms with van der Waals surface area (Å²) in [7, 11) is 0. The molecule has 0 aliphatic heterocycles. The Morgan fingerprint density at radius 1 is 0.650 bits per heavy atom. The molecule has 3 heterocycles. The first-order valence-electron chi connectivity index (χ1n) is 6.43. The number of thiophene rings is 3. The molecule has 3 aromatic rings. The average Bonchev–Trinajstić information content (AvgIpc) is 3.10. The summed E-state index contributed by atoms with van der Waals surface area (Å²) in [6.45, 7) is 6.23. The van der Waals surface area contributed by atoms with Gasteiger partial charge in [-0.3, -0.25) is 0 Å². The Morgan fingerprint density at radius 3 is 1.15 bits per heavy atom. The number of hydrogen-bond donors (Lipinski definition) is 1. The van der Waals surface area contributed by atoms with Gasteiger partial charge < -0.3 is 5.11 Å². The first-order chi connectivity index (χ1) is 9.50. The van der Waals surface area contributed by atoms with Crippen molar-refractivity contribution in [1.29, 1.82) is 0 Å². The lowest BCUT2D eigenvalue weighted by Crippen LogP contribution is -2.25. The van der Waals surface area contributed by atoms with Gasteiger partial charge in [0.15, 0.2) is 5.60 Å². The van der Waals surface area contributed by atoms with Crippen molar-refractivity contribution in [2.45, 2.75) is 26.4 Å². The van der Waals surface area contributed by atoms with Gasteiger partial charge in [-0.1, -0.05) is 0 Å². The summed E-state index contributed by atoms with van der Waals surface area (Å²) in [5.41, 5.74) is -1.00. The molecule has 0 saturated carbocycles. The van der Waals surface area contributed by atoms with Gasteiger partial charge in [0.2, 0.25) is 0 Å². The van der Waals surface area contributed by atoms with E-state index in [9.17, 15) is 5.11 Å². The molecule has 4 heteroatoms. The Hall–Kier alpha value is -0.940. The summed E-state index contributed by atoms with van der Waals surface area (Å²) in [5.74, 6) is 0. The molecular weight excluding hydrogens is 304 g/mol. The topological polar surface area (TPSA) is 20.2 Å². The molecule has 3 aromatic heterocycles. The minimum Gasteiger partial charge on any atom is -0.374 e. The van der Waals surface area contributed by atoms with Gasteiger partial charge >= 0.3 is 0 Å². The van der Waals surface area contributed by atoms with Crippen molar-refractivity contribution in [1.82, 2.24) is 0 Å². The van der Waals surface area contributed by atoms with Crippen LogP contribution in [-0.4, -0.2) is 5.11 Å². The van der Waals surface area contributed by atoms with Crippen LogP contribution in [0.2, 0.25) is 0 Å². The molecule has 0 unspecified atom stereocenters. The quantitative estimate of drug-likeness (QED) is 0.713. The maximum Gasteiger partial charge on any atom is 0.167 e.